The van der Waals surface area contributed by atoms with Crippen LogP contribution in [0.5, 0.6) is 28.7 Å². The molecule has 9 unspecified atom stereocenters. The van der Waals surface area contributed by atoms with E-state index in [0.717, 1.165) is 56.9 Å². The number of carbonyl (C=O) groups excluding carboxylic acids is 3. The van der Waals surface area contributed by atoms with Crippen LogP contribution in [0.3, 0.4) is 0 Å². The number of ketones is 1. The Kier molecular flexibility index (Phi) is 19.7. The average Bonchev–Trinajstić information content (AvgIpc) is 3.60. The van der Waals surface area contributed by atoms with Crippen LogP contribution >= 0.6 is 0 Å². The number of anilines is 1. The maximum absolute atomic E-state index is 14.5. The highest BCUT2D eigenvalue weighted by molar-refractivity contribution is 6.23. The number of oxime groups is 1. The van der Waals surface area contributed by atoms with E-state index in [-0.39, 0.29) is 51.1 Å². The maximum Gasteiger partial charge on any atom is 0.312 e. The van der Waals surface area contributed by atoms with Crippen molar-refractivity contribution in [3.63, 3.8) is 0 Å². The number of unbranched alkanes of at least 4 members (excludes halogenated alkanes) is 7. The Balaban J connectivity index is 1.43. The molecule has 0 spiro atoms. The van der Waals surface area contributed by atoms with Crippen LogP contribution < -0.4 is 14.8 Å². The van der Waals surface area contributed by atoms with Gasteiger partial charge in [-0.2, -0.15) is 0 Å². The summed E-state index contributed by atoms with van der Waals surface area (Å²) in [4.78, 5) is 46.3. The average molecular weight is 973 g/mol. The number of phenolic OH excluding ortho intramolecular Hbond substituents is 3. The fourth-order valence-corrected chi connectivity index (χ4v) is 9.05. The van der Waals surface area contributed by atoms with Crippen molar-refractivity contribution in [3.05, 3.63) is 83.2 Å². The first-order valence-electron chi connectivity index (χ1n) is 24.3. The number of amides is 1. The lowest BCUT2D eigenvalue weighted by molar-refractivity contribution is -0.160. The highest BCUT2D eigenvalue weighted by atomic mass is 16.7. The van der Waals surface area contributed by atoms with Crippen molar-refractivity contribution in [2.75, 3.05) is 25.6 Å². The van der Waals surface area contributed by atoms with E-state index < -0.39 is 88.8 Å². The van der Waals surface area contributed by atoms with Crippen molar-refractivity contribution in [2.45, 2.75) is 137 Å². The number of methoxy groups -OCH3 is 1. The number of allylic oxidation sites excluding steroid dienone is 2. The molecule has 16 heteroatoms. The van der Waals surface area contributed by atoms with E-state index in [0.29, 0.717) is 13.0 Å². The molecule has 3 aliphatic rings. The minimum atomic E-state index is -2.07. The number of nitrogens with one attached hydrogen (secondary N) is 1. The quantitative estimate of drug-likeness (QED) is 0.0196. The zero-order valence-electron chi connectivity index (χ0n) is 41.9. The number of rotatable bonds is 16. The van der Waals surface area contributed by atoms with Gasteiger partial charge >= 0.3 is 11.8 Å². The van der Waals surface area contributed by atoms with Crippen LogP contribution in [0.4, 0.5) is 5.69 Å². The van der Waals surface area contributed by atoms with Crippen molar-refractivity contribution in [3.8, 4) is 28.7 Å². The second kappa shape index (κ2) is 25.1. The molecule has 6 N–H and O–H groups in total. The third-order valence-corrected chi connectivity index (χ3v) is 13.4. The molecular formula is C54H72N2O14. The Labute approximate surface area is 410 Å². The second-order valence-corrected chi connectivity index (χ2v) is 18.7. The minimum Gasteiger partial charge on any atom is -0.507 e. The lowest BCUT2D eigenvalue weighted by Gasteiger charge is -2.38. The van der Waals surface area contributed by atoms with Crippen LogP contribution in [0.25, 0.3) is 10.8 Å². The third-order valence-electron chi connectivity index (χ3n) is 13.4. The van der Waals surface area contributed by atoms with Gasteiger partial charge in [-0.3, -0.25) is 14.4 Å². The number of aliphatic hydroxyl groups excluding tert-OH is 2. The molecule has 16 nitrogen and oxygen atoms in total. The van der Waals surface area contributed by atoms with Gasteiger partial charge in [0.05, 0.1) is 59.6 Å². The molecular weight excluding hydrogens is 901 g/mol. The molecule has 3 heterocycles. The van der Waals surface area contributed by atoms with Crippen LogP contribution in [-0.4, -0.2) is 99.9 Å². The summed E-state index contributed by atoms with van der Waals surface area (Å²) in [5.74, 6) is -7.75. The van der Waals surface area contributed by atoms with Crippen LogP contribution in [0.2, 0.25) is 0 Å². The van der Waals surface area contributed by atoms with Gasteiger partial charge in [-0.1, -0.05) is 101 Å². The van der Waals surface area contributed by atoms with E-state index in [4.69, 9.17) is 28.5 Å². The molecule has 3 aliphatic heterocycles. The molecule has 0 saturated carbocycles. The standard InChI is InChI=1S/C54H72N2O14/c1-31-22-21-23-32(2)53(64)56-44-39(30-55-68-28-20-15-13-11-10-12-14-19-27-66-38-24-17-16-18-25-38)48(61)41-42(49(44)62)47(60)36(6)51-43(41)52(63)54(8,70-51)67-29-26-40(65-9)33(3)50(69-37(7)57)35(5)46(59)34(4)45(31)58/h16-18,21-26,29-31,33-35,40,45-46,50,58-62H,10-15,19-20,27-28H2,1-9H3,(H,56,64)/b22-21+,29-26+,32-23+,55-30-. The van der Waals surface area contributed by atoms with Gasteiger partial charge in [-0.15, -0.1) is 0 Å². The number of carbonyl (C=O) groups is 3. The molecule has 382 valence electrons. The predicted molar refractivity (Wildman–Crippen MR) is 266 cm³/mol. The molecule has 0 aliphatic carbocycles. The molecule has 1 amide bonds. The van der Waals surface area contributed by atoms with Crippen molar-refractivity contribution in [1.29, 1.82) is 0 Å². The van der Waals surface area contributed by atoms with Crippen LogP contribution in [0.1, 0.15) is 121 Å². The summed E-state index contributed by atoms with van der Waals surface area (Å²) >= 11 is 0. The Morgan fingerprint density at radius 2 is 1.47 bits per heavy atom. The summed E-state index contributed by atoms with van der Waals surface area (Å²) in [5, 5.41) is 64.8. The lowest BCUT2D eigenvalue weighted by atomic mass is 9.78. The largest absolute Gasteiger partial charge is 0.507 e. The fraction of sp³-hybridized carbons (Fsp3) is 0.519. The molecule has 5 bridgehead atoms. The van der Waals surface area contributed by atoms with Crippen molar-refractivity contribution in [2.24, 2.45) is 28.8 Å². The van der Waals surface area contributed by atoms with E-state index in [9.17, 15) is 39.9 Å². The number of hydrogen-bond acceptors (Lipinski definition) is 15. The summed E-state index contributed by atoms with van der Waals surface area (Å²) in [5.41, 5.74) is -0.575. The van der Waals surface area contributed by atoms with E-state index >= 15 is 0 Å². The summed E-state index contributed by atoms with van der Waals surface area (Å²) in [6.07, 6.45) is 12.6. The molecule has 70 heavy (non-hydrogen) atoms. The fourth-order valence-electron chi connectivity index (χ4n) is 9.05. The van der Waals surface area contributed by atoms with Gasteiger partial charge in [-0.25, -0.2) is 0 Å². The van der Waals surface area contributed by atoms with Gasteiger partial charge in [-0.05, 0) is 51.3 Å². The van der Waals surface area contributed by atoms with E-state index in [1.165, 1.54) is 53.2 Å². The topological polar surface area (TPSA) is 232 Å². The normalized spacial score (nSPS) is 27.1. The van der Waals surface area contributed by atoms with Crippen molar-refractivity contribution >= 4 is 40.3 Å². The van der Waals surface area contributed by atoms with Gasteiger partial charge in [0.1, 0.15) is 35.7 Å². The van der Waals surface area contributed by atoms with E-state index in [2.05, 4.69) is 10.5 Å². The molecule has 3 aromatic carbocycles. The highest BCUT2D eigenvalue weighted by Gasteiger charge is 2.50. The first kappa shape index (κ1) is 54.8. The number of para-hydroxylation sites is 1. The number of aromatic hydroxyl groups is 3. The number of Topliss-reactive ketones (excluding diaryl/α,β-unsaturated/α-hetero) is 1. The number of ether oxygens (including phenoxy) is 5. The second-order valence-electron chi connectivity index (χ2n) is 18.7. The number of aliphatic hydroxyl groups is 2. The Hall–Kier alpha value is -6.10. The van der Waals surface area contributed by atoms with Gasteiger partial charge in [0.2, 0.25) is 0 Å². The first-order valence-corrected chi connectivity index (χ1v) is 24.3. The minimum absolute atomic E-state index is 0.0368. The predicted octanol–water partition coefficient (Wildman–Crippen LogP) is 9.30. The van der Waals surface area contributed by atoms with Gasteiger partial charge < -0.3 is 59.4 Å². The van der Waals surface area contributed by atoms with Crippen molar-refractivity contribution < 1.29 is 68.4 Å². The molecule has 0 fully saturated rings. The zero-order valence-corrected chi connectivity index (χ0v) is 41.9. The summed E-state index contributed by atoms with van der Waals surface area (Å²) in [6.45, 7) is 13.4. The van der Waals surface area contributed by atoms with Crippen LogP contribution in [-0.2, 0) is 28.6 Å². The molecule has 0 saturated heterocycles. The molecule has 9 atom stereocenters. The Bertz CT molecular complexity index is 2410. The van der Waals surface area contributed by atoms with Gasteiger partial charge in [0, 0.05) is 61.2 Å². The number of benzene rings is 3. The van der Waals surface area contributed by atoms with E-state index in [1.54, 1.807) is 39.8 Å². The number of nitrogens with zero attached hydrogens (tertiary/aromatic N) is 1. The number of esters is 1. The number of fused-ring (bicyclic) bond motifs is 14. The smallest absolute Gasteiger partial charge is 0.312 e. The molecule has 0 radical (unpaired) electrons. The monoisotopic (exact) mass is 972 g/mol. The molecule has 6 rings (SSSR count). The zero-order chi connectivity index (χ0) is 51.3. The highest BCUT2D eigenvalue weighted by Crippen LogP contribution is 2.55. The first-order chi connectivity index (χ1) is 33.3. The Morgan fingerprint density at radius 1 is 0.829 bits per heavy atom. The molecule has 3 aromatic rings. The molecule has 0 aromatic heterocycles. The van der Waals surface area contributed by atoms with Crippen LogP contribution in [0.15, 0.2) is 71.6 Å². The third kappa shape index (κ3) is 13.0. The summed E-state index contributed by atoms with van der Waals surface area (Å²) < 4.78 is 29.4. The van der Waals surface area contributed by atoms with E-state index in [1.807, 2.05) is 30.3 Å². The summed E-state index contributed by atoms with van der Waals surface area (Å²) in [7, 11) is 1.43. The van der Waals surface area contributed by atoms with Crippen molar-refractivity contribution in [1.82, 2.24) is 0 Å². The number of phenols is 3. The number of hydrogen-bond donors (Lipinski definition) is 6. The SMILES string of the molecule is COC1/C=C/OC2(C)Oc3c(C)c(O)c4c(O)c(c(/C=N\OCCCCCCCCCCOc5ccccc5)c(O)c4c3C2=O)NC(=O)/C(C)=C/C=C/C(C)C(O)C(C)C(O)C(C)C(OC(C)=O)C1C. The van der Waals surface area contributed by atoms with Gasteiger partial charge in [0.15, 0.2) is 5.75 Å². The lowest BCUT2D eigenvalue weighted by Crippen LogP contribution is -2.46. The Morgan fingerprint density at radius 3 is 2.11 bits per heavy atom. The summed E-state index contributed by atoms with van der Waals surface area (Å²) in [6, 6.07) is 9.78. The maximum atomic E-state index is 14.5. The van der Waals surface area contributed by atoms with Gasteiger partial charge in [0.25, 0.3) is 11.7 Å². The van der Waals surface area contributed by atoms with Crippen LogP contribution in [0, 0.1) is 30.6 Å².